The third-order valence-corrected chi connectivity index (χ3v) is 3.14. The molecule has 1 rings (SSSR count). The maximum Gasteiger partial charge on any atom is 0.308 e. The van der Waals surface area contributed by atoms with Gasteiger partial charge in [-0.25, -0.2) is 0 Å². The third kappa shape index (κ3) is 4.17. The predicted octanol–water partition coefficient (Wildman–Crippen LogP) is 0.694. The molecule has 15 heavy (non-hydrogen) atoms. The van der Waals surface area contributed by atoms with E-state index in [4.69, 9.17) is 4.18 Å². The normalized spacial score (nSPS) is 27.3. The Balaban J connectivity index is 2.39. The Morgan fingerprint density at radius 3 is 2.13 bits per heavy atom. The molecule has 1 saturated carbocycles. The minimum absolute atomic E-state index is 0.102. The van der Waals surface area contributed by atoms with Crippen LogP contribution in [0.25, 0.3) is 0 Å². The zero-order chi connectivity index (χ0) is 11.5. The fraction of sp³-hybridized carbons (Fsp3) is 0.889. The molecule has 0 aromatic heterocycles. The Morgan fingerprint density at radius 2 is 1.73 bits per heavy atom. The van der Waals surface area contributed by atoms with E-state index in [1.165, 1.54) is 7.11 Å². The molecule has 0 aromatic carbocycles. The van der Waals surface area contributed by atoms with E-state index in [0.29, 0.717) is 25.7 Å². The predicted molar refractivity (Wildman–Crippen MR) is 53.7 cm³/mol. The van der Waals surface area contributed by atoms with Crippen molar-refractivity contribution in [1.29, 1.82) is 0 Å². The summed E-state index contributed by atoms with van der Waals surface area (Å²) in [7, 11) is -2.02. The first kappa shape index (κ1) is 12.4. The Hall–Kier alpha value is -0.620. The highest BCUT2D eigenvalue weighted by molar-refractivity contribution is 7.86. The van der Waals surface area contributed by atoms with Crippen LogP contribution in [0.15, 0.2) is 0 Å². The molecule has 1 fully saturated rings. The van der Waals surface area contributed by atoms with Gasteiger partial charge in [0.2, 0.25) is 0 Å². The molecule has 88 valence electrons. The van der Waals surface area contributed by atoms with Gasteiger partial charge in [0.1, 0.15) is 0 Å². The first-order chi connectivity index (χ1) is 6.92. The SMILES string of the molecule is COC(=O)[C@H]1CC[C@H](OS(C)(=O)=O)CC1. The number of carbonyl (C=O) groups is 1. The van der Waals surface area contributed by atoms with Crippen molar-refractivity contribution in [3.8, 4) is 0 Å². The van der Waals surface area contributed by atoms with Crippen molar-refractivity contribution in [3.05, 3.63) is 0 Å². The second-order valence-electron chi connectivity index (χ2n) is 3.80. The smallest absolute Gasteiger partial charge is 0.308 e. The van der Waals surface area contributed by atoms with Gasteiger partial charge in [-0.1, -0.05) is 0 Å². The van der Waals surface area contributed by atoms with Gasteiger partial charge in [0.25, 0.3) is 10.1 Å². The minimum atomic E-state index is -3.38. The van der Waals surface area contributed by atoms with Gasteiger partial charge in [0, 0.05) is 0 Å². The van der Waals surface area contributed by atoms with Gasteiger partial charge in [-0.05, 0) is 25.7 Å². The molecule has 0 heterocycles. The Morgan fingerprint density at radius 1 is 1.20 bits per heavy atom. The highest BCUT2D eigenvalue weighted by atomic mass is 32.2. The molecule has 0 aromatic rings. The van der Waals surface area contributed by atoms with Gasteiger partial charge in [0.05, 0.1) is 25.4 Å². The molecule has 0 amide bonds. The highest BCUT2D eigenvalue weighted by Gasteiger charge is 2.28. The molecule has 1 aliphatic carbocycles. The van der Waals surface area contributed by atoms with Gasteiger partial charge in [-0.2, -0.15) is 8.42 Å². The van der Waals surface area contributed by atoms with Crippen molar-refractivity contribution in [3.63, 3.8) is 0 Å². The number of rotatable bonds is 3. The van der Waals surface area contributed by atoms with Gasteiger partial charge in [0.15, 0.2) is 0 Å². The summed E-state index contributed by atoms with van der Waals surface area (Å²) in [5.41, 5.74) is 0. The Kier molecular flexibility index (Phi) is 4.10. The summed E-state index contributed by atoms with van der Waals surface area (Å²) < 4.78 is 31.2. The number of methoxy groups -OCH3 is 1. The molecule has 1 aliphatic rings. The quantitative estimate of drug-likeness (QED) is 0.532. The average Bonchev–Trinajstić information content (AvgIpc) is 2.15. The summed E-state index contributed by atoms with van der Waals surface area (Å²) in [6.45, 7) is 0. The van der Waals surface area contributed by atoms with Crippen LogP contribution in [-0.2, 0) is 23.8 Å². The van der Waals surface area contributed by atoms with Crippen LogP contribution in [0.5, 0.6) is 0 Å². The highest BCUT2D eigenvalue weighted by Crippen LogP contribution is 2.27. The first-order valence-corrected chi connectivity index (χ1v) is 6.70. The lowest BCUT2D eigenvalue weighted by Crippen LogP contribution is -2.28. The minimum Gasteiger partial charge on any atom is -0.469 e. The van der Waals surface area contributed by atoms with Gasteiger partial charge in [-0.15, -0.1) is 0 Å². The van der Waals surface area contributed by atoms with Crippen LogP contribution in [0.3, 0.4) is 0 Å². The second kappa shape index (κ2) is 4.94. The second-order valence-corrected chi connectivity index (χ2v) is 5.40. The molecule has 0 saturated heterocycles. The molecule has 0 radical (unpaired) electrons. The first-order valence-electron chi connectivity index (χ1n) is 4.88. The largest absolute Gasteiger partial charge is 0.469 e. The zero-order valence-electron chi connectivity index (χ0n) is 8.93. The van der Waals surface area contributed by atoms with Gasteiger partial charge in [-0.3, -0.25) is 8.98 Å². The van der Waals surface area contributed by atoms with Crippen molar-refractivity contribution in [1.82, 2.24) is 0 Å². The van der Waals surface area contributed by atoms with Crippen LogP contribution >= 0.6 is 0 Å². The molecule has 0 unspecified atom stereocenters. The van der Waals surface area contributed by atoms with E-state index in [-0.39, 0.29) is 18.0 Å². The lowest BCUT2D eigenvalue weighted by Gasteiger charge is -2.25. The van der Waals surface area contributed by atoms with Crippen LogP contribution in [-0.4, -0.2) is 33.9 Å². The zero-order valence-corrected chi connectivity index (χ0v) is 9.75. The van der Waals surface area contributed by atoms with Crippen molar-refractivity contribution in [2.24, 2.45) is 5.92 Å². The van der Waals surface area contributed by atoms with E-state index in [0.717, 1.165) is 6.26 Å². The molecule has 0 bridgehead atoms. The number of ether oxygens (including phenoxy) is 1. The summed E-state index contributed by atoms with van der Waals surface area (Å²) in [5.74, 6) is -0.317. The Bertz CT molecular complexity index is 313. The van der Waals surface area contributed by atoms with Crippen molar-refractivity contribution in [2.45, 2.75) is 31.8 Å². The molecule has 0 atom stereocenters. The molecular formula is C9H16O5S. The van der Waals surface area contributed by atoms with Crippen LogP contribution in [0.4, 0.5) is 0 Å². The fourth-order valence-electron chi connectivity index (χ4n) is 1.81. The maximum absolute atomic E-state index is 11.2. The molecular weight excluding hydrogens is 220 g/mol. The van der Waals surface area contributed by atoms with Crippen LogP contribution < -0.4 is 0 Å². The van der Waals surface area contributed by atoms with Crippen LogP contribution in [0, 0.1) is 5.92 Å². The molecule has 6 heteroatoms. The molecule has 0 aliphatic heterocycles. The van der Waals surface area contributed by atoms with Gasteiger partial charge < -0.3 is 4.74 Å². The summed E-state index contributed by atoms with van der Waals surface area (Å²) in [4.78, 5) is 11.2. The van der Waals surface area contributed by atoms with E-state index in [2.05, 4.69) is 4.74 Å². The summed E-state index contributed by atoms with van der Waals surface area (Å²) >= 11 is 0. The standard InChI is InChI=1S/C9H16O5S/c1-13-9(10)7-3-5-8(6-4-7)14-15(2,11)12/h7-8H,3-6H2,1-2H3/t7-,8-. The molecule has 0 spiro atoms. The molecule has 5 nitrogen and oxygen atoms in total. The summed E-state index contributed by atoms with van der Waals surface area (Å²) in [6.07, 6.45) is 3.21. The molecule has 0 N–H and O–H groups in total. The maximum atomic E-state index is 11.2. The number of hydrogen-bond acceptors (Lipinski definition) is 5. The van der Waals surface area contributed by atoms with Crippen LogP contribution in [0.2, 0.25) is 0 Å². The van der Waals surface area contributed by atoms with E-state index in [1.807, 2.05) is 0 Å². The lowest BCUT2D eigenvalue weighted by atomic mass is 9.88. The van der Waals surface area contributed by atoms with E-state index in [9.17, 15) is 13.2 Å². The van der Waals surface area contributed by atoms with Crippen molar-refractivity contribution >= 4 is 16.1 Å². The third-order valence-electron chi connectivity index (χ3n) is 2.52. The number of carbonyl (C=O) groups excluding carboxylic acids is 1. The van der Waals surface area contributed by atoms with Crippen molar-refractivity contribution in [2.75, 3.05) is 13.4 Å². The van der Waals surface area contributed by atoms with Crippen molar-refractivity contribution < 1.29 is 22.1 Å². The fourth-order valence-corrected chi connectivity index (χ4v) is 2.50. The summed E-state index contributed by atoms with van der Waals surface area (Å²) in [6, 6.07) is 0. The number of esters is 1. The topological polar surface area (TPSA) is 69.7 Å². The van der Waals surface area contributed by atoms with E-state index < -0.39 is 10.1 Å². The lowest BCUT2D eigenvalue weighted by molar-refractivity contribution is -0.147. The van der Waals surface area contributed by atoms with Crippen LogP contribution in [0.1, 0.15) is 25.7 Å². The average molecular weight is 236 g/mol. The summed E-state index contributed by atoms with van der Waals surface area (Å²) in [5, 5.41) is 0. The monoisotopic (exact) mass is 236 g/mol. The van der Waals surface area contributed by atoms with E-state index in [1.54, 1.807) is 0 Å². The van der Waals surface area contributed by atoms with Gasteiger partial charge >= 0.3 is 5.97 Å². The number of hydrogen-bond donors (Lipinski definition) is 0. The Labute approximate surface area is 89.9 Å². The van der Waals surface area contributed by atoms with E-state index >= 15 is 0 Å².